The van der Waals surface area contributed by atoms with Crippen molar-refractivity contribution >= 4 is 76.6 Å². The Labute approximate surface area is 343 Å². The van der Waals surface area contributed by atoms with E-state index < -0.39 is 53.2 Å². The van der Waals surface area contributed by atoms with Gasteiger partial charge in [-0.25, -0.2) is 4.79 Å². The molecule has 0 spiro atoms. The summed E-state index contributed by atoms with van der Waals surface area (Å²) in [5.74, 6) is -1.77. The van der Waals surface area contributed by atoms with Crippen molar-refractivity contribution < 1.29 is 45.2 Å². The van der Waals surface area contributed by atoms with E-state index in [0.29, 0.717) is 42.1 Å². The van der Waals surface area contributed by atoms with Crippen LogP contribution in [0.4, 0.5) is 17.1 Å². The van der Waals surface area contributed by atoms with E-state index in [1.807, 2.05) is 52.2 Å². The maximum absolute atomic E-state index is 12.5. The molecule has 0 saturated carbocycles. The third-order valence-electron chi connectivity index (χ3n) is 11.3. The number of fused-ring (bicyclic) bond motifs is 3. The summed E-state index contributed by atoms with van der Waals surface area (Å²) in [7, 11) is -3.64. The highest BCUT2D eigenvalue weighted by Crippen LogP contribution is 2.52. The lowest BCUT2D eigenvalue weighted by molar-refractivity contribution is -0.197. The van der Waals surface area contributed by atoms with Gasteiger partial charge in [-0.1, -0.05) is 68.8 Å². The summed E-state index contributed by atoms with van der Waals surface area (Å²) >= 11 is 0. The Hall–Kier alpha value is -5.55. The van der Waals surface area contributed by atoms with Crippen molar-refractivity contribution in [2.24, 2.45) is 0 Å². The number of imide groups is 1. The highest BCUT2D eigenvalue weighted by atomic mass is 32.2. The van der Waals surface area contributed by atoms with Crippen LogP contribution in [0.25, 0.3) is 21.5 Å². The number of hydroxylamine groups is 2. The first-order valence-electron chi connectivity index (χ1n) is 19.2. The third kappa shape index (κ3) is 7.73. The van der Waals surface area contributed by atoms with Crippen LogP contribution in [0.15, 0.2) is 100 Å². The van der Waals surface area contributed by atoms with Gasteiger partial charge in [0, 0.05) is 91.3 Å². The van der Waals surface area contributed by atoms with Crippen molar-refractivity contribution in [3.05, 3.63) is 102 Å². The van der Waals surface area contributed by atoms with Crippen molar-refractivity contribution in [2.45, 2.75) is 73.6 Å². The highest BCUT2D eigenvalue weighted by molar-refractivity contribution is 7.86. The molecule has 0 aliphatic carbocycles. The highest BCUT2D eigenvalue weighted by Gasteiger charge is 2.42. The van der Waals surface area contributed by atoms with Crippen molar-refractivity contribution in [3.8, 4) is 0 Å². The second kappa shape index (κ2) is 15.6. The number of carbonyl (C=O) groups excluding carboxylic acids is 3. The molecule has 1 atom stereocenters. The Kier molecular flexibility index (Phi) is 11.0. The maximum atomic E-state index is 12.5. The average molecular weight is 843 g/mol. The molecule has 0 aromatic heterocycles. The molecule has 0 bridgehead atoms. The van der Waals surface area contributed by atoms with Gasteiger partial charge in [-0.3, -0.25) is 18.7 Å². The predicted octanol–water partition coefficient (Wildman–Crippen LogP) is 7.01. The summed E-state index contributed by atoms with van der Waals surface area (Å²) in [4.78, 5) is 46.2. The van der Waals surface area contributed by atoms with Crippen LogP contribution < -0.4 is 14.7 Å². The number of amides is 2. The summed E-state index contributed by atoms with van der Waals surface area (Å²) in [5, 5.41) is 3.26. The number of unbranched alkanes of at least 4 members (excludes halogenated alkanes) is 2. The van der Waals surface area contributed by atoms with Crippen LogP contribution in [-0.4, -0.2) is 76.5 Å². The molecule has 4 aromatic rings. The van der Waals surface area contributed by atoms with Crippen LogP contribution in [0.1, 0.15) is 69.5 Å². The van der Waals surface area contributed by atoms with Gasteiger partial charge in [-0.15, -0.1) is 5.06 Å². The number of hydrogen-bond donors (Lipinski definition) is 2. The summed E-state index contributed by atoms with van der Waals surface area (Å²) in [6, 6.07) is 15.8. The molecule has 14 nitrogen and oxygen atoms in total. The first-order valence-corrected chi connectivity index (χ1v) is 22.1. The lowest BCUT2D eigenvalue weighted by atomic mass is 9.81. The SMILES string of the molecule is CN(C)c1ccc2c3c(cccc13)C(/C=C/C=C/C=C1/N(CCCCCC(=O)ON3C(=O)CCC3=O)c3ccc4c(S(=O)(=O)O)cc(S(=O)(=O)O)cc4c3C1(C)C)N2C. The lowest BCUT2D eigenvalue weighted by Crippen LogP contribution is -2.32. The van der Waals surface area contributed by atoms with Crippen LogP contribution in [0.3, 0.4) is 0 Å². The minimum atomic E-state index is -4.91. The molecular formula is C43H46N4O10S2. The molecule has 16 heteroatoms. The van der Waals surface area contributed by atoms with E-state index in [2.05, 4.69) is 58.2 Å². The molecule has 1 saturated heterocycles. The number of likely N-dealkylation sites (N-methyl/N-ethyl adjacent to an activating group) is 1. The zero-order chi connectivity index (χ0) is 42.6. The molecule has 7 rings (SSSR count). The summed E-state index contributed by atoms with van der Waals surface area (Å²) < 4.78 is 70.0. The number of allylic oxidation sites excluding steroid dienone is 5. The van der Waals surface area contributed by atoms with Crippen LogP contribution in [0, 0.1) is 0 Å². The topological polar surface area (TPSA) is 182 Å². The van der Waals surface area contributed by atoms with Crippen molar-refractivity contribution in [1.82, 2.24) is 5.06 Å². The van der Waals surface area contributed by atoms with Gasteiger partial charge in [0.05, 0.1) is 10.9 Å². The molecule has 2 N–H and O–H groups in total. The number of benzene rings is 4. The van der Waals surface area contributed by atoms with Crippen LogP contribution in [-0.2, 0) is 44.9 Å². The molecule has 2 amide bonds. The Morgan fingerprint density at radius 1 is 0.864 bits per heavy atom. The minimum Gasteiger partial charge on any atom is -0.377 e. The van der Waals surface area contributed by atoms with Crippen LogP contribution in [0.2, 0.25) is 0 Å². The Balaban J connectivity index is 1.19. The molecule has 310 valence electrons. The van der Waals surface area contributed by atoms with Gasteiger partial charge >= 0.3 is 5.97 Å². The first kappa shape index (κ1) is 41.6. The Bertz CT molecular complexity index is 2720. The van der Waals surface area contributed by atoms with E-state index in [1.54, 1.807) is 6.07 Å². The van der Waals surface area contributed by atoms with Gasteiger partial charge in [0.2, 0.25) is 0 Å². The van der Waals surface area contributed by atoms with Gasteiger partial charge in [0.1, 0.15) is 4.90 Å². The van der Waals surface area contributed by atoms with E-state index in [0.717, 1.165) is 23.1 Å². The number of hydrogen-bond acceptors (Lipinski definition) is 11. The van der Waals surface area contributed by atoms with Crippen molar-refractivity contribution in [2.75, 3.05) is 42.4 Å². The van der Waals surface area contributed by atoms with Gasteiger partial charge in [0.15, 0.2) is 0 Å². The monoisotopic (exact) mass is 842 g/mol. The normalized spacial score (nSPS) is 18.5. The average Bonchev–Trinajstić information content (AvgIpc) is 3.71. The fraction of sp³-hybridized carbons (Fsp3) is 0.326. The number of anilines is 3. The Morgan fingerprint density at radius 3 is 2.25 bits per heavy atom. The number of rotatable bonds is 13. The lowest BCUT2D eigenvalue weighted by Gasteiger charge is -2.27. The fourth-order valence-electron chi connectivity index (χ4n) is 8.57. The molecular weight excluding hydrogens is 797 g/mol. The second-order valence-electron chi connectivity index (χ2n) is 15.7. The van der Waals surface area contributed by atoms with Gasteiger partial charge < -0.3 is 19.5 Å². The van der Waals surface area contributed by atoms with Crippen molar-refractivity contribution in [1.29, 1.82) is 0 Å². The van der Waals surface area contributed by atoms with E-state index >= 15 is 0 Å². The minimum absolute atomic E-state index is 0.000984. The first-order chi connectivity index (χ1) is 27.8. The smallest absolute Gasteiger partial charge is 0.333 e. The van der Waals surface area contributed by atoms with Gasteiger partial charge in [-0.2, -0.15) is 16.8 Å². The molecule has 3 aliphatic rings. The molecule has 3 aliphatic heterocycles. The van der Waals surface area contributed by atoms with E-state index in [4.69, 9.17) is 4.84 Å². The molecule has 1 unspecified atom stereocenters. The zero-order valence-electron chi connectivity index (χ0n) is 33.4. The molecule has 0 radical (unpaired) electrons. The maximum Gasteiger partial charge on any atom is 0.333 e. The number of carbonyl (C=O) groups is 3. The summed E-state index contributed by atoms with van der Waals surface area (Å²) in [6.07, 6.45) is 11.5. The Morgan fingerprint density at radius 2 is 1.58 bits per heavy atom. The molecule has 59 heavy (non-hydrogen) atoms. The van der Waals surface area contributed by atoms with E-state index in [-0.39, 0.29) is 36.1 Å². The molecule has 3 heterocycles. The summed E-state index contributed by atoms with van der Waals surface area (Å²) in [5.41, 5.74) is 4.74. The quantitative estimate of drug-likeness (QED) is 0.0608. The van der Waals surface area contributed by atoms with E-state index in [9.17, 15) is 40.3 Å². The van der Waals surface area contributed by atoms with Crippen LogP contribution >= 0.6 is 0 Å². The van der Waals surface area contributed by atoms with Gasteiger partial charge in [-0.05, 0) is 65.8 Å². The molecule has 1 fully saturated rings. The second-order valence-corrected chi connectivity index (χ2v) is 18.5. The van der Waals surface area contributed by atoms with E-state index in [1.165, 1.54) is 28.5 Å². The number of nitrogens with zero attached hydrogens (tertiary/aromatic N) is 4. The predicted molar refractivity (Wildman–Crippen MR) is 225 cm³/mol. The van der Waals surface area contributed by atoms with Crippen LogP contribution in [0.5, 0.6) is 0 Å². The zero-order valence-corrected chi connectivity index (χ0v) is 35.0. The van der Waals surface area contributed by atoms with Crippen molar-refractivity contribution in [3.63, 3.8) is 0 Å². The standard InChI is InChI=1S/C43H46N4O10S2/c1-43(2)37(16-9-6-8-15-33-30-14-12-13-29-32(44(3)4)20-21-34(41(29)30)45(33)5)46(24-11-7-10-17-40(50)57-47-38(48)22-23-39(47)49)35-19-18-28-31(42(35)43)25-27(58(51,52)53)26-36(28)59(54,55)56/h6,8-9,12-16,18-21,25-26,33H,7,10-11,17,22-24H2,1-5H3,(H,51,52,53)(H,54,55,56)/b9-6+,15-8+,37-16+. The fourth-order valence-corrected chi connectivity index (χ4v) is 9.91. The third-order valence-corrected chi connectivity index (χ3v) is 13.1. The largest absolute Gasteiger partial charge is 0.377 e. The molecule has 4 aromatic carbocycles. The summed E-state index contributed by atoms with van der Waals surface area (Å²) in [6.45, 7) is 4.31. The van der Waals surface area contributed by atoms with Gasteiger partial charge in [0.25, 0.3) is 32.1 Å².